The molecule has 0 aliphatic heterocycles. The number of nitrogens with zero attached hydrogens (tertiary/aromatic N) is 1. The van der Waals surface area contributed by atoms with Crippen LogP contribution in [0.2, 0.25) is 5.02 Å². The highest BCUT2D eigenvalue weighted by atomic mass is 35.5. The van der Waals surface area contributed by atoms with Crippen LogP contribution in [0.15, 0.2) is 40.7 Å². The van der Waals surface area contributed by atoms with Crippen LogP contribution in [0.3, 0.4) is 0 Å². The lowest BCUT2D eigenvalue weighted by Crippen LogP contribution is -2.04. The summed E-state index contributed by atoms with van der Waals surface area (Å²) in [4.78, 5) is 4.23. The highest BCUT2D eigenvalue weighted by Crippen LogP contribution is 2.19. The van der Waals surface area contributed by atoms with Gasteiger partial charge in [-0.05, 0) is 24.3 Å². The molecule has 0 amide bonds. The third-order valence-electron chi connectivity index (χ3n) is 1.97. The smallest absolute Gasteiger partial charge is 0.184 e. The molecule has 1 aromatic carbocycles. The van der Waals surface area contributed by atoms with Gasteiger partial charge in [0.2, 0.25) is 0 Å². The molecule has 0 radical (unpaired) electrons. The molecular weight excluding hydrogens is 266 g/mol. The van der Waals surface area contributed by atoms with Crippen molar-refractivity contribution in [1.82, 2.24) is 4.98 Å². The molecule has 0 fully saturated rings. The van der Waals surface area contributed by atoms with Gasteiger partial charge in [0.15, 0.2) is 9.84 Å². The minimum Gasteiger partial charge on any atom is -0.249 e. The zero-order valence-electron chi connectivity index (χ0n) is 8.13. The van der Waals surface area contributed by atoms with Crippen LogP contribution in [0.5, 0.6) is 0 Å². The first-order chi connectivity index (χ1) is 7.58. The Labute approximate surface area is 103 Å². The summed E-state index contributed by atoms with van der Waals surface area (Å²) in [6.45, 7) is 0. The van der Waals surface area contributed by atoms with Crippen LogP contribution in [0, 0.1) is 0 Å². The molecule has 6 heteroatoms. The van der Waals surface area contributed by atoms with Crippen molar-refractivity contribution in [2.75, 3.05) is 0 Å². The number of thiazole rings is 1. The summed E-state index contributed by atoms with van der Waals surface area (Å²) < 4.78 is 23.9. The van der Waals surface area contributed by atoms with E-state index in [1.54, 1.807) is 23.7 Å². The van der Waals surface area contributed by atoms with Gasteiger partial charge in [0.05, 0.1) is 4.90 Å². The van der Waals surface area contributed by atoms with Gasteiger partial charge in [0.1, 0.15) is 10.8 Å². The summed E-state index contributed by atoms with van der Waals surface area (Å²) in [7, 11) is -3.31. The standard InChI is InChI=1S/C10H8ClNO2S2/c11-8-1-3-9(4-2-8)16(13,14)7-10-12-5-6-15-10/h1-6H,7H2. The molecule has 0 bridgehead atoms. The van der Waals surface area contributed by atoms with Gasteiger partial charge in [-0.25, -0.2) is 13.4 Å². The lowest BCUT2D eigenvalue weighted by Gasteiger charge is -2.01. The molecule has 84 valence electrons. The van der Waals surface area contributed by atoms with Crippen LogP contribution in [-0.2, 0) is 15.6 Å². The van der Waals surface area contributed by atoms with Crippen LogP contribution in [0.25, 0.3) is 0 Å². The van der Waals surface area contributed by atoms with Gasteiger partial charge in [-0.1, -0.05) is 11.6 Å². The Balaban J connectivity index is 2.29. The third-order valence-corrected chi connectivity index (χ3v) is 4.83. The van der Waals surface area contributed by atoms with Crippen molar-refractivity contribution in [1.29, 1.82) is 0 Å². The van der Waals surface area contributed by atoms with E-state index in [0.29, 0.717) is 10.0 Å². The molecule has 0 aliphatic rings. The Morgan fingerprint density at radius 1 is 1.25 bits per heavy atom. The van der Waals surface area contributed by atoms with Crippen molar-refractivity contribution in [3.63, 3.8) is 0 Å². The van der Waals surface area contributed by atoms with Crippen molar-refractivity contribution in [2.24, 2.45) is 0 Å². The van der Waals surface area contributed by atoms with Crippen LogP contribution >= 0.6 is 22.9 Å². The van der Waals surface area contributed by atoms with Crippen molar-refractivity contribution < 1.29 is 8.42 Å². The number of halogens is 1. The lowest BCUT2D eigenvalue weighted by atomic mass is 10.4. The molecule has 1 aromatic heterocycles. The van der Waals surface area contributed by atoms with E-state index in [1.807, 2.05) is 0 Å². The maximum Gasteiger partial charge on any atom is 0.184 e. The topological polar surface area (TPSA) is 47.0 Å². The Morgan fingerprint density at radius 2 is 1.94 bits per heavy atom. The second kappa shape index (κ2) is 4.53. The van der Waals surface area contributed by atoms with Crippen LogP contribution < -0.4 is 0 Å². The fraction of sp³-hybridized carbons (Fsp3) is 0.100. The number of rotatable bonds is 3. The molecule has 0 atom stereocenters. The molecule has 0 spiro atoms. The highest BCUT2D eigenvalue weighted by molar-refractivity contribution is 7.90. The average Bonchev–Trinajstić information content (AvgIpc) is 2.70. The number of hydrogen-bond donors (Lipinski definition) is 0. The van der Waals surface area contributed by atoms with Gasteiger partial charge in [0.25, 0.3) is 0 Å². The number of aromatic nitrogens is 1. The summed E-state index contributed by atoms with van der Waals surface area (Å²) in [5.74, 6) is -0.0632. The Bertz CT molecular complexity index is 561. The maximum atomic E-state index is 11.9. The molecule has 0 aliphatic carbocycles. The van der Waals surface area contributed by atoms with Gasteiger partial charge >= 0.3 is 0 Å². The molecule has 0 saturated heterocycles. The van der Waals surface area contributed by atoms with E-state index < -0.39 is 9.84 Å². The molecule has 0 N–H and O–H groups in total. The maximum absolute atomic E-state index is 11.9. The molecule has 2 rings (SSSR count). The first-order valence-corrected chi connectivity index (χ1v) is 7.35. The third kappa shape index (κ3) is 2.61. The number of benzene rings is 1. The lowest BCUT2D eigenvalue weighted by molar-refractivity contribution is 0.595. The van der Waals surface area contributed by atoms with E-state index in [-0.39, 0.29) is 10.6 Å². The van der Waals surface area contributed by atoms with Gasteiger partial charge in [0, 0.05) is 16.6 Å². The largest absolute Gasteiger partial charge is 0.249 e. The van der Waals surface area contributed by atoms with E-state index in [1.165, 1.54) is 23.5 Å². The second-order valence-electron chi connectivity index (χ2n) is 3.14. The second-order valence-corrected chi connectivity index (χ2v) is 6.54. The number of hydrogen-bond acceptors (Lipinski definition) is 4. The molecule has 1 heterocycles. The SMILES string of the molecule is O=S(=O)(Cc1nccs1)c1ccc(Cl)cc1. The molecule has 0 unspecified atom stereocenters. The quantitative estimate of drug-likeness (QED) is 0.864. The monoisotopic (exact) mass is 273 g/mol. The van der Waals surface area contributed by atoms with Gasteiger partial charge in [-0.3, -0.25) is 0 Å². The predicted octanol–water partition coefficient (Wildman–Crippen LogP) is 2.77. The van der Waals surface area contributed by atoms with E-state index in [0.717, 1.165) is 0 Å². The van der Waals surface area contributed by atoms with Crippen molar-refractivity contribution in [3.8, 4) is 0 Å². The molecular formula is C10H8ClNO2S2. The minimum atomic E-state index is -3.31. The van der Waals surface area contributed by atoms with Crippen LogP contribution in [-0.4, -0.2) is 13.4 Å². The van der Waals surface area contributed by atoms with Gasteiger partial charge in [-0.2, -0.15) is 0 Å². The first kappa shape index (κ1) is 11.6. The fourth-order valence-corrected chi connectivity index (χ4v) is 3.59. The van der Waals surface area contributed by atoms with Crippen molar-refractivity contribution >= 4 is 32.8 Å². The molecule has 16 heavy (non-hydrogen) atoms. The summed E-state index contributed by atoms with van der Waals surface area (Å²) in [5.41, 5.74) is 0. The number of sulfone groups is 1. The molecule has 0 saturated carbocycles. The normalized spacial score (nSPS) is 11.6. The zero-order chi connectivity index (χ0) is 11.6. The molecule has 3 nitrogen and oxygen atoms in total. The fourth-order valence-electron chi connectivity index (χ4n) is 1.21. The Hall–Kier alpha value is -0.910. The van der Waals surface area contributed by atoms with E-state index in [4.69, 9.17) is 11.6 Å². The van der Waals surface area contributed by atoms with Gasteiger partial charge < -0.3 is 0 Å². The van der Waals surface area contributed by atoms with E-state index in [9.17, 15) is 8.42 Å². The van der Waals surface area contributed by atoms with E-state index in [2.05, 4.69) is 4.98 Å². The predicted molar refractivity (Wildman–Crippen MR) is 64.5 cm³/mol. The summed E-state index contributed by atoms with van der Waals surface area (Å²) in [6, 6.07) is 6.14. The highest BCUT2D eigenvalue weighted by Gasteiger charge is 2.16. The van der Waals surface area contributed by atoms with Crippen molar-refractivity contribution in [3.05, 3.63) is 45.9 Å². The first-order valence-electron chi connectivity index (χ1n) is 4.45. The van der Waals surface area contributed by atoms with Crippen molar-refractivity contribution in [2.45, 2.75) is 10.6 Å². The summed E-state index contributed by atoms with van der Waals surface area (Å²) in [5, 5.41) is 2.87. The summed E-state index contributed by atoms with van der Waals surface area (Å²) >= 11 is 7.03. The van der Waals surface area contributed by atoms with Crippen LogP contribution in [0.4, 0.5) is 0 Å². The van der Waals surface area contributed by atoms with E-state index >= 15 is 0 Å². The summed E-state index contributed by atoms with van der Waals surface area (Å²) in [6.07, 6.45) is 1.59. The Morgan fingerprint density at radius 3 is 2.50 bits per heavy atom. The Kier molecular flexibility index (Phi) is 3.28. The minimum absolute atomic E-state index is 0.0632. The van der Waals surface area contributed by atoms with Crippen LogP contribution in [0.1, 0.15) is 5.01 Å². The zero-order valence-corrected chi connectivity index (χ0v) is 10.5. The molecule has 2 aromatic rings. The van der Waals surface area contributed by atoms with Gasteiger partial charge in [-0.15, -0.1) is 11.3 Å². The average molecular weight is 274 g/mol.